The molecule has 0 aliphatic rings. The monoisotopic (exact) mass is 332 g/mol. The molecule has 0 aliphatic heterocycles. The minimum atomic E-state index is -4.15. The summed E-state index contributed by atoms with van der Waals surface area (Å²) in [6.07, 6.45) is 2.03. The molecule has 0 spiro atoms. The Kier molecular flexibility index (Phi) is 4.11. The minimum absolute atomic E-state index is 0.0590. The normalized spacial score (nSPS) is 11.6. The maximum Gasteiger partial charge on any atom is 0.265 e. The Balaban J connectivity index is 2.48. The van der Waals surface area contributed by atoms with Gasteiger partial charge in [-0.05, 0) is 18.6 Å². The van der Waals surface area contributed by atoms with Gasteiger partial charge >= 0.3 is 0 Å². The molecule has 0 saturated carbocycles. The Morgan fingerprint density at radius 2 is 2.14 bits per heavy atom. The number of anilines is 2. The first kappa shape index (κ1) is 15.6. The lowest BCUT2D eigenvalue weighted by Gasteiger charge is -2.10. The Hall–Kier alpha value is -1.80. The van der Waals surface area contributed by atoms with E-state index >= 15 is 0 Å². The summed E-state index contributed by atoms with van der Waals surface area (Å²) in [5.41, 5.74) is 6.42. The van der Waals surface area contributed by atoms with Crippen LogP contribution in [0.4, 0.5) is 15.8 Å². The van der Waals surface area contributed by atoms with E-state index in [9.17, 15) is 12.8 Å². The minimum Gasteiger partial charge on any atom is -0.399 e. The van der Waals surface area contributed by atoms with Gasteiger partial charge in [-0.15, -0.1) is 0 Å². The first-order chi connectivity index (χ1) is 9.74. The Morgan fingerprint density at radius 3 is 2.76 bits per heavy atom. The first-order valence-electron chi connectivity index (χ1n) is 6.04. The number of aromatic nitrogens is 2. The molecule has 0 atom stereocenters. The molecule has 0 saturated heterocycles. The summed E-state index contributed by atoms with van der Waals surface area (Å²) in [7, 11) is -2.49. The largest absolute Gasteiger partial charge is 0.399 e. The number of nitrogens with one attached hydrogen (secondary N) is 1. The molecule has 1 heterocycles. The molecule has 2 rings (SSSR count). The molecule has 3 N–H and O–H groups in total. The highest BCUT2D eigenvalue weighted by atomic mass is 35.5. The third-order valence-electron chi connectivity index (χ3n) is 2.79. The summed E-state index contributed by atoms with van der Waals surface area (Å²) in [4.78, 5) is -0.599. The number of nitrogens with zero attached hydrogens (tertiary/aromatic N) is 2. The second-order valence-corrected chi connectivity index (χ2v) is 6.50. The Labute approximate surface area is 126 Å². The maximum atomic E-state index is 13.9. The topological polar surface area (TPSA) is 90.0 Å². The third kappa shape index (κ3) is 3.11. The van der Waals surface area contributed by atoms with Crippen molar-refractivity contribution >= 4 is 33.0 Å². The second-order valence-electron chi connectivity index (χ2n) is 4.44. The van der Waals surface area contributed by atoms with Gasteiger partial charge in [-0.3, -0.25) is 9.40 Å². The number of hydrogen-bond acceptors (Lipinski definition) is 4. The number of nitrogens with two attached hydrogens (primary N) is 1. The van der Waals surface area contributed by atoms with Gasteiger partial charge in [0.05, 0.1) is 16.4 Å². The van der Waals surface area contributed by atoms with Crippen molar-refractivity contribution in [1.82, 2.24) is 9.78 Å². The maximum absolute atomic E-state index is 13.9. The van der Waals surface area contributed by atoms with Crippen LogP contribution >= 0.6 is 11.6 Å². The van der Waals surface area contributed by atoms with Crippen LogP contribution in [0.15, 0.2) is 23.2 Å². The molecule has 6 nitrogen and oxygen atoms in total. The van der Waals surface area contributed by atoms with Gasteiger partial charge in [0.1, 0.15) is 4.90 Å². The van der Waals surface area contributed by atoms with Crippen LogP contribution in [-0.2, 0) is 23.5 Å². The van der Waals surface area contributed by atoms with Gasteiger partial charge in [0, 0.05) is 18.9 Å². The van der Waals surface area contributed by atoms with Crippen LogP contribution in [0.1, 0.15) is 12.6 Å². The SMILES string of the molecule is CCc1nn(C)cc1NS(=O)(=O)c1cc(N)cc(Cl)c1F. The van der Waals surface area contributed by atoms with Crippen molar-refractivity contribution in [2.24, 2.45) is 7.05 Å². The molecule has 0 radical (unpaired) electrons. The summed E-state index contributed by atoms with van der Waals surface area (Å²) >= 11 is 5.63. The molecule has 21 heavy (non-hydrogen) atoms. The van der Waals surface area contributed by atoms with Gasteiger partial charge in [0.25, 0.3) is 10.0 Å². The molecule has 0 bridgehead atoms. The van der Waals surface area contributed by atoms with Crippen molar-refractivity contribution in [1.29, 1.82) is 0 Å². The predicted octanol–water partition coefficient (Wildman–Crippen LogP) is 2.16. The Bertz CT molecular complexity index is 789. The van der Waals surface area contributed by atoms with Gasteiger partial charge < -0.3 is 5.73 Å². The number of hydrogen-bond donors (Lipinski definition) is 2. The van der Waals surface area contributed by atoms with Crippen molar-refractivity contribution in [3.8, 4) is 0 Å². The Morgan fingerprint density at radius 1 is 1.48 bits per heavy atom. The lowest BCUT2D eigenvalue weighted by Crippen LogP contribution is -2.16. The van der Waals surface area contributed by atoms with Gasteiger partial charge in [-0.2, -0.15) is 5.10 Å². The zero-order valence-corrected chi connectivity index (χ0v) is 13.0. The smallest absolute Gasteiger partial charge is 0.265 e. The molecular weight excluding hydrogens is 319 g/mol. The van der Waals surface area contributed by atoms with Crippen LogP contribution < -0.4 is 10.5 Å². The fourth-order valence-electron chi connectivity index (χ4n) is 1.86. The quantitative estimate of drug-likeness (QED) is 0.839. The van der Waals surface area contributed by atoms with Crippen LogP contribution in [-0.4, -0.2) is 18.2 Å². The van der Waals surface area contributed by atoms with Crippen LogP contribution in [0.3, 0.4) is 0 Å². The van der Waals surface area contributed by atoms with Crippen LogP contribution in [0.25, 0.3) is 0 Å². The summed E-state index contributed by atoms with van der Waals surface area (Å²) in [6.45, 7) is 1.83. The summed E-state index contributed by atoms with van der Waals surface area (Å²) in [6, 6.07) is 2.17. The lowest BCUT2D eigenvalue weighted by atomic mass is 10.3. The number of sulfonamides is 1. The fraction of sp³-hybridized carbons (Fsp3) is 0.250. The molecule has 0 aliphatic carbocycles. The zero-order valence-electron chi connectivity index (χ0n) is 11.4. The standard InChI is InChI=1S/C12H14ClFN4O2S/c1-3-9-10(6-18(2)16-9)17-21(19,20)11-5-7(15)4-8(13)12(11)14/h4-6,17H,3,15H2,1-2H3. The molecule has 1 aromatic carbocycles. The number of aryl methyl sites for hydroxylation is 2. The van der Waals surface area contributed by atoms with Crippen molar-refractivity contribution in [3.63, 3.8) is 0 Å². The highest BCUT2D eigenvalue weighted by Crippen LogP contribution is 2.28. The molecule has 0 unspecified atom stereocenters. The van der Waals surface area contributed by atoms with Crippen LogP contribution in [0.2, 0.25) is 5.02 Å². The highest BCUT2D eigenvalue weighted by molar-refractivity contribution is 7.92. The van der Waals surface area contributed by atoms with Crippen LogP contribution in [0.5, 0.6) is 0 Å². The summed E-state index contributed by atoms with van der Waals surface area (Å²) in [5, 5.41) is 3.76. The number of nitrogen functional groups attached to an aromatic ring is 1. The molecule has 0 fully saturated rings. The van der Waals surface area contributed by atoms with E-state index in [1.807, 2.05) is 6.92 Å². The van der Waals surface area contributed by atoms with E-state index < -0.39 is 20.7 Å². The van der Waals surface area contributed by atoms with Crippen molar-refractivity contribution in [2.75, 3.05) is 10.5 Å². The highest BCUT2D eigenvalue weighted by Gasteiger charge is 2.23. The third-order valence-corrected chi connectivity index (χ3v) is 4.43. The average molecular weight is 333 g/mol. The molecule has 0 amide bonds. The van der Waals surface area contributed by atoms with Crippen molar-refractivity contribution < 1.29 is 12.8 Å². The van der Waals surface area contributed by atoms with Crippen molar-refractivity contribution in [2.45, 2.75) is 18.2 Å². The molecule has 2 aromatic rings. The molecule has 9 heteroatoms. The zero-order chi connectivity index (χ0) is 15.8. The van der Waals surface area contributed by atoms with E-state index in [2.05, 4.69) is 9.82 Å². The second kappa shape index (κ2) is 5.53. The van der Waals surface area contributed by atoms with E-state index in [-0.39, 0.29) is 16.4 Å². The van der Waals surface area contributed by atoms with Gasteiger partial charge in [0.2, 0.25) is 0 Å². The van der Waals surface area contributed by atoms with E-state index in [1.165, 1.54) is 10.9 Å². The number of halogens is 2. The average Bonchev–Trinajstić information content (AvgIpc) is 2.72. The number of rotatable bonds is 4. The fourth-order valence-corrected chi connectivity index (χ4v) is 3.35. The van der Waals surface area contributed by atoms with E-state index in [0.29, 0.717) is 12.1 Å². The van der Waals surface area contributed by atoms with E-state index in [1.54, 1.807) is 7.05 Å². The first-order valence-corrected chi connectivity index (χ1v) is 7.90. The number of benzene rings is 1. The van der Waals surface area contributed by atoms with E-state index in [4.69, 9.17) is 17.3 Å². The van der Waals surface area contributed by atoms with Gasteiger partial charge in [0.15, 0.2) is 5.82 Å². The van der Waals surface area contributed by atoms with Gasteiger partial charge in [-0.25, -0.2) is 12.8 Å². The molecular formula is C12H14ClFN4O2S. The molecule has 114 valence electrons. The van der Waals surface area contributed by atoms with Crippen LogP contribution in [0, 0.1) is 5.82 Å². The van der Waals surface area contributed by atoms with E-state index in [0.717, 1.165) is 12.1 Å². The van der Waals surface area contributed by atoms with Gasteiger partial charge in [-0.1, -0.05) is 18.5 Å². The van der Waals surface area contributed by atoms with Crippen molar-refractivity contribution in [3.05, 3.63) is 34.9 Å². The lowest BCUT2D eigenvalue weighted by molar-refractivity contribution is 0.571. The summed E-state index contributed by atoms with van der Waals surface area (Å²) in [5.74, 6) is -1.04. The predicted molar refractivity (Wildman–Crippen MR) is 79.2 cm³/mol. The molecule has 1 aromatic heterocycles. The summed E-state index contributed by atoms with van der Waals surface area (Å²) < 4.78 is 42.3.